The highest BCUT2D eigenvalue weighted by molar-refractivity contribution is 8.26. The summed E-state index contributed by atoms with van der Waals surface area (Å²) in [6.45, 7) is 3.86. The van der Waals surface area contributed by atoms with Crippen molar-refractivity contribution in [3.05, 3.63) is 64.6 Å². The zero-order valence-corrected chi connectivity index (χ0v) is 18.1. The molecule has 29 heavy (non-hydrogen) atoms. The molecule has 2 aromatic carbocycles. The first-order chi connectivity index (χ1) is 14.0. The fraction of sp³-hybridized carbons (Fsp3) is 0.273. The number of carbonyl (C=O) groups is 1. The van der Waals surface area contributed by atoms with Gasteiger partial charge in [-0.3, -0.25) is 9.69 Å². The maximum atomic E-state index is 12.2. The van der Waals surface area contributed by atoms with E-state index >= 15 is 0 Å². The predicted molar refractivity (Wildman–Crippen MR) is 120 cm³/mol. The Kier molecular flexibility index (Phi) is 7.69. The predicted octanol–water partition coefficient (Wildman–Crippen LogP) is 4.30. The van der Waals surface area contributed by atoms with Crippen LogP contribution in [0.2, 0.25) is 0 Å². The zero-order valence-electron chi connectivity index (χ0n) is 16.4. The lowest BCUT2D eigenvalue weighted by atomic mass is 10.2. The number of amides is 1. The average Bonchev–Trinajstić information content (AvgIpc) is 2.96. The molecule has 1 heterocycles. The fourth-order valence-corrected chi connectivity index (χ4v) is 3.75. The third-order valence-corrected chi connectivity index (χ3v) is 5.68. The summed E-state index contributed by atoms with van der Waals surface area (Å²) >= 11 is 6.47. The second-order valence-corrected chi connectivity index (χ2v) is 8.08. The lowest BCUT2D eigenvalue weighted by Gasteiger charge is -2.11. The minimum absolute atomic E-state index is 0.0910. The van der Waals surface area contributed by atoms with Gasteiger partial charge >= 0.3 is 0 Å². The molecule has 7 heteroatoms. The second kappa shape index (κ2) is 10.4. The van der Waals surface area contributed by atoms with Crippen molar-refractivity contribution in [2.45, 2.75) is 6.92 Å². The van der Waals surface area contributed by atoms with Gasteiger partial charge in [-0.2, -0.15) is 0 Å². The summed E-state index contributed by atoms with van der Waals surface area (Å²) in [6.07, 6.45) is 1.81. The van der Waals surface area contributed by atoms with Crippen LogP contribution in [-0.4, -0.2) is 48.6 Å². The number of hydrogen-bond acceptors (Lipinski definition) is 6. The Balaban J connectivity index is 1.43. The molecule has 1 fully saturated rings. The monoisotopic (exact) mass is 429 g/mol. The van der Waals surface area contributed by atoms with Crippen LogP contribution in [-0.2, 0) is 9.53 Å². The molecule has 5 nitrogen and oxygen atoms in total. The average molecular weight is 430 g/mol. The first-order valence-electron chi connectivity index (χ1n) is 9.25. The highest BCUT2D eigenvalue weighted by Crippen LogP contribution is 2.33. The molecule has 0 radical (unpaired) electrons. The zero-order chi connectivity index (χ0) is 20.6. The molecule has 0 aliphatic carbocycles. The summed E-state index contributed by atoms with van der Waals surface area (Å²) in [5.74, 6) is 1.45. The van der Waals surface area contributed by atoms with E-state index in [4.69, 9.17) is 26.4 Å². The topological polar surface area (TPSA) is 48.0 Å². The molecular weight excluding hydrogens is 406 g/mol. The van der Waals surface area contributed by atoms with Gasteiger partial charge in [-0.25, -0.2) is 0 Å². The van der Waals surface area contributed by atoms with Gasteiger partial charge in [0, 0.05) is 12.6 Å². The molecule has 152 valence electrons. The van der Waals surface area contributed by atoms with Gasteiger partial charge in [0.1, 0.15) is 29.0 Å². The molecule has 1 saturated heterocycles. The maximum Gasteiger partial charge on any atom is 0.265 e. The van der Waals surface area contributed by atoms with Crippen molar-refractivity contribution in [1.29, 1.82) is 0 Å². The molecule has 2 aromatic rings. The van der Waals surface area contributed by atoms with Gasteiger partial charge in [-0.15, -0.1) is 0 Å². The number of nitrogens with zero attached hydrogens (tertiary/aromatic N) is 1. The van der Waals surface area contributed by atoms with Crippen molar-refractivity contribution in [3.63, 3.8) is 0 Å². The van der Waals surface area contributed by atoms with Gasteiger partial charge < -0.3 is 14.2 Å². The van der Waals surface area contributed by atoms with Crippen LogP contribution in [0.25, 0.3) is 6.08 Å². The number of hydrogen-bond donors (Lipinski definition) is 0. The number of likely N-dealkylation sites (N-methyl/N-ethyl adjacent to an activating group) is 1. The summed E-state index contributed by atoms with van der Waals surface area (Å²) in [4.78, 5) is 14.3. The van der Waals surface area contributed by atoms with Crippen molar-refractivity contribution < 1.29 is 19.0 Å². The van der Waals surface area contributed by atoms with E-state index < -0.39 is 0 Å². The lowest BCUT2D eigenvalue weighted by Crippen LogP contribution is -2.22. The van der Waals surface area contributed by atoms with E-state index in [1.807, 2.05) is 61.5 Å². The van der Waals surface area contributed by atoms with E-state index in [9.17, 15) is 4.79 Å². The quantitative estimate of drug-likeness (QED) is 0.337. The Hall–Kier alpha value is -2.35. The molecule has 0 spiro atoms. The van der Waals surface area contributed by atoms with E-state index in [-0.39, 0.29) is 5.91 Å². The Morgan fingerprint density at radius 2 is 1.69 bits per heavy atom. The van der Waals surface area contributed by atoms with Crippen LogP contribution in [0, 0.1) is 6.92 Å². The van der Waals surface area contributed by atoms with Crippen LogP contribution >= 0.6 is 24.0 Å². The van der Waals surface area contributed by atoms with E-state index in [1.54, 1.807) is 7.05 Å². The Labute approximate surface area is 180 Å². The number of thioether (sulfide) groups is 1. The van der Waals surface area contributed by atoms with Crippen LogP contribution in [0.1, 0.15) is 11.1 Å². The highest BCUT2D eigenvalue weighted by Gasteiger charge is 2.28. The minimum Gasteiger partial charge on any atom is -0.491 e. The molecule has 0 N–H and O–H groups in total. The van der Waals surface area contributed by atoms with E-state index in [2.05, 4.69) is 0 Å². The molecule has 0 saturated carbocycles. The van der Waals surface area contributed by atoms with Gasteiger partial charge in [0.15, 0.2) is 0 Å². The van der Waals surface area contributed by atoms with Crippen LogP contribution < -0.4 is 9.47 Å². The molecule has 3 rings (SSSR count). The SMILES string of the molecule is Cc1ccc(OCCOCCOc2ccccc2/C=C2/SC(=S)N(C)C2=O)cc1. The van der Waals surface area contributed by atoms with Crippen molar-refractivity contribution in [2.75, 3.05) is 33.5 Å². The largest absolute Gasteiger partial charge is 0.491 e. The van der Waals surface area contributed by atoms with E-state index in [0.29, 0.717) is 41.4 Å². The van der Waals surface area contributed by atoms with Gasteiger partial charge in [0.2, 0.25) is 0 Å². The first kappa shape index (κ1) is 21.4. The normalized spacial score (nSPS) is 15.2. The van der Waals surface area contributed by atoms with E-state index in [0.717, 1.165) is 11.3 Å². The van der Waals surface area contributed by atoms with Crippen molar-refractivity contribution in [2.24, 2.45) is 0 Å². The summed E-state index contributed by atoms with van der Waals surface area (Å²) in [7, 11) is 1.68. The second-order valence-electron chi connectivity index (χ2n) is 6.40. The first-order valence-corrected chi connectivity index (χ1v) is 10.5. The number of aryl methyl sites for hydroxylation is 1. The third kappa shape index (κ3) is 6.06. The molecule has 1 amide bonds. The highest BCUT2D eigenvalue weighted by atomic mass is 32.2. The van der Waals surface area contributed by atoms with Gasteiger partial charge in [0.25, 0.3) is 5.91 Å². The van der Waals surface area contributed by atoms with Crippen LogP contribution in [0.3, 0.4) is 0 Å². The number of benzene rings is 2. The number of rotatable bonds is 9. The molecule has 1 aliphatic rings. The van der Waals surface area contributed by atoms with Gasteiger partial charge in [-0.05, 0) is 31.2 Å². The summed E-state index contributed by atoms with van der Waals surface area (Å²) in [6, 6.07) is 15.5. The van der Waals surface area contributed by atoms with Crippen LogP contribution in [0.15, 0.2) is 53.4 Å². The summed E-state index contributed by atoms with van der Waals surface area (Å²) in [5.41, 5.74) is 2.04. The number of ether oxygens (including phenoxy) is 3. The molecular formula is C22H23NO4S2. The fourth-order valence-electron chi connectivity index (χ4n) is 2.58. The number of thiocarbonyl (C=S) groups is 1. The third-order valence-electron chi connectivity index (χ3n) is 4.19. The molecule has 0 bridgehead atoms. The molecule has 0 unspecified atom stereocenters. The van der Waals surface area contributed by atoms with Crippen molar-refractivity contribution in [3.8, 4) is 11.5 Å². The van der Waals surface area contributed by atoms with Gasteiger partial charge in [-0.1, -0.05) is 59.9 Å². The lowest BCUT2D eigenvalue weighted by molar-refractivity contribution is -0.121. The molecule has 1 aliphatic heterocycles. The summed E-state index contributed by atoms with van der Waals surface area (Å²) in [5, 5.41) is 0. The standard InChI is InChI=1S/C22H23NO4S2/c1-16-7-9-18(10-8-16)26-13-11-25-12-14-27-19-6-4-3-5-17(19)15-20-21(24)23(2)22(28)29-20/h3-10,15H,11-14H2,1-2H3/b20-15+. The summed E-state index contributed by atoms with van der Waals surface area (Å²) < 4.78 is 17.6. The number of carbonyl (C=O) groups excluding carboxylic acids is 1. The maximum absolute atomic E-state index is 12.2. The Morgan fingerprint density at radius 1 is 1.00 bits per heavy atom. The Bertz CT molecular complexity index is 896. The van der Waals surface area contributed by atoms with Crippen molar-refractivity contribution in [1.82, 2.24) is 4.90 Å². The smallest absolute Gasteiger partial charge is 0.265 e. The molecule has 0 aromatic heterocycles. The van der Waals surface area contributed by atoms with Crippen molar-refractivity contribution >= 4 is 40.3 Å². The Morgan fingerprint density at radius 3 is 2.38 bits per heavy atom. The van der Waals surface area contributed by atoms with Gasteiger partial charge in [0.05, 0.1) is 18.1 Å². The number of para-hydroxylation sites is 1. The minimum atomic E-state index is -0.0910. The molecule has 0 atom stereocenters. The van der Waals surface area contributed by atoms with Crippen LogP contribution in [0.4, 0.5) is 0 Å². The van der Waals surface area contributed by atoms with E-state index in [1.165, 1.54) is 22.2 Å². The van der Waals surface area contributed by atoms with Crippen LogP contribution in [0.5, 0.6) is 11.5 Å².